The number of anilines is 1. The van der Waals surface area contributed by atoms with Crippen molar-refractivity contribution < 1.29 is 14.4 Å². The van der Waals surface area contributed by atoms with E-state index in [1.165, 1.54) is 0 Å². The molecular formula is C20H18Cl2N2O3. The van der Waals surface area contributed by atoms with Crippen LogP contribution in [0.2, 0.25) is 10.0 Å². The van der Waals surface area contributed by atoms with Crippen molar-refractivity contribution >= 4 is 46.6 Å². The molecule has 1 N–H and O–H groups in total. The van der Waals surface area contributed by atoms with Gasteiger partial charge in [-0.2, -0.15) is 0 Å². The summed E-state index contributed by atoms with van der Waals surface area (Å²) in [5, 5.41) is 3.47. The van der Waals surface area contributed by atoms with Crippen LogP contribution >= 0.6 is 23.2 Å². The van der Waals surface area contributed by atoms with E-state index >= 15 is 0 Å². The second-order valence-corrected chi connectivity index (χ2v) is 7.69. The van der Waals surface area contributed by atoms with Crippen molar-refractivity contribution in [1.29, 1.82) is 0 Å². The third-order valence-electron chi connectivity index (χ3n) is 4.26. The number of carbonyl (C=O) groups is 3. The Morgan fingerprint density at radius 1 is 1.00 bits per heavy atom. The summed E-state index contributed by atoms with van der Waals surface area (Å²) in [6.07, 6.45) is 0.339. The van der Waals surface area contributed by atoms with E-state index in [1.54, 1.807) is 42.5 Å². The Hall–Kier alpha value is -2.37. The maximum absolute atomic E-state index is 13.0. The van der Waals surface area contributed by atoms with E-state index in [-0.39, 0.29) is 5.92 Å². The van der Waals surface area contributed by atoms with Crippen molar-refractivity contribution in [1.82, 2.24) is 4.90 Å². The number of halogens is 2. The standard InChI is InChI=1S/C20H18Cl2N2O3/c1-11(2)7-17(18(25)23-14-9-12(21)8-13(22)10-14)24-19(26)15-5-3-4-6-16(15)20(24)27/h3-6,8-11,17H,7H2,1-2H3,(H,23,25)/t17-/m1/s1. The Balaban J connectivity index is 1.91. The monoisotopic (exact) mass is 404 g/mol. The quantitative estimate of drug-likeness (QED) is 0.737. The van der Waals surface area contributed by atoms with Crippen molar-refractivity contribution in [2.45, 2.75) is 26.3 Å². The second kappa shape index (κ2) is 7.71. The topological polar surface area (TPSA) is 66.5 Å². The average Bonchev–Trinajstić information content (AvgIpc) is 2.83. The molecule has 0 unspecified atom stereocenters. The van der Waals surface area contributed by atoms with Crippen molar-refractivity contribution in [3.63, 3.8) is 0 Å². The predicted octanol–water partition coefficient (Wildman–Crippen LogP) is 4.64. The molecule has 1 aliphatic rings. The maximum Gasteiger partial charge on any atom is 0.262 e. The van der Waals surface area contributed by atoms with E-state index in [0.29, 0.717) is 33.3 Å². The molecule has 7 heteroatoms. The van der Waals surface area contributed by atoms with E-state index in [2.05, 4.69) is 5.32 Å². The number of hydrogen-bond acceptors (Lipinski definition) is 3. The van der Waals surface area contributed by atoms with Gasteiger partial charge in [-0.25, -0.2) is 0 Å². The lowest BCUT2D eigenvalue weighted by Gasteiger charge is -2.26. The molecule has 0 saturated carbocycles. The van der Waals surface area contributed by atoms with Crippen LogP contribution in [0, 0.1) is 5.92 Å². The van der Waals surface area contributed by atoms with Crippen LogP contribution in [-0.2, 0) is 4.79 Å². The summed E-state index contributed by atoms with van der Waals surface area (Å²) in [6.45, 7) is 3.85. The summed E-state index contributed by atoms with van der Waals surface area (Å²) >= 11 is 12.0. The summed E-state index contributed by atoms with van der Waals surface area (Å²) in [6, 6.07) is 10.3. The van der Waals surface area contributed by atoms with E-state index in [4.69, 9.17) is 23.2 Å². The van der Waals surface area contributed by atoms with Crippen molar-refractivity contribution in [3.05, 3.63) is 63.6 Å². The van der Waals surface area contributed by atoms with Crippen molar-refractivity contribution in [2.75, 3.05) is 5.32 Å². The third-order valence-corrected chi connectivity index (χ3v) is 4.70. The Kier molecular flexibility index (Phi) is 5.53. The van der Waals surface area contributed by atoms with Gasteiger partial charge in [-0.3, -0.25) is 19.3 Å². The summed E-state index contributed by atoms with van der Waals surface area (Å²) in [5.41, 5.74) is 1.03. The van der Waals surface area contributed by atoms with Crippen molar-refractivity contribution in [2.24, 2.45) is 5.92 Å². The molecule has 140 valence electrons. The minimum atomic E-state index is -0.935. The minimum Gasteiger partial charge on any atom is -0.324 e. The number of fused-ring (bicyclic) bond motifs is 1. The van der Waals surface area contributed by atoms with Gasteiger partial charge in [0.1, 0.15) is 6.04 Å². The van der Waals surface area contributed by atoms with Crippen LogP contribution in [0.4, 0.5) is 5.69 Å². The molecule has 0 radical (unpaired) electrons. The molecule has 0 fully saturated rings. The number of carbonyl (C=O) groups excluding carboxylic acids is 3. The molecule has 0 bridgehead atoms. The van der Waals surface area contributed by atoms with Gasteiger partial charge in [0, 0.05) is 15.7 Å². The van der Waals surface area contributed by atoms with E-state index < -0.39 is 23.8 Å². The number of rotatable bonds is 5. The Morgan fingerprint density at radius 2 is 1.52 bits per heavy atom. The van der Waals surface area contributed by atoms with Gasteiger partial charge in [-0.1, -0.05) is 49.2 Å². The molecule has 0 saturated heterocycles. The number of imide groups is 1. The zero-order valence-corrected chi connectivity index (χ0v) is 16.3. The molecule has 2 aromatic rings. The fourth-order valence-electron chi connectivity index (χ4n) is 3.12. The van der Waals surface area contributed by atoms with Crippen LogP contribution in [0.15, 0.2) is 42.5 Å². The molecule has 2 aromatic carbocycles. The molecular weight excluding hydrogens is 387 g/mol. The molecule has 1 atom stereocenters. The Labute approximate surface area is 167 Å². The highest BCUT2D eigenvalue weighted by atomic mass is 35.5. The molecule has 27 heavy (non-hydrogen) atoms. The number of nitrogens with one attached hydrogen (secondary N) is 1. The second-order valence-electron chi connectivity index (χ2n) is 6.82. The number of amides is 3. The molecule has 1 heterocycles. The lowest BCUT2D eigenvalue weighted by molar-refractivity contribution is -0.120. The van der Waals surface area contributed by atoms with Gasteiger partial charge in [-0.15, -0.1) is 0 Å². The van der Waals surface area contributed by atoms with Crippen LogP contribution < -0.4 is 5.32 Å². The SMILES string of the molecule is CC(C)C[C@H](C(=O)Nc1cc(Cl)cc(Cl)c1)N1C(=O)c2ccccc2C1=O. The van der Waals surface area contributed by atoms with Gasteiger partial charge in [0.05, 0.1) is 11.1 Å². The van der Waals surface area contributed by atoms with Gasteiger partial charge < -0.3 is 5.32 Å². The fraction of sp³-hybridized carbons (Fsp3) is 0.250. The zero-order valence-electron chi connectivity index (χ0n) is 14.8. The summed E-state index contributed by atoms with van der Waals surface area (Å²) in [5.74, 6) is -1.29. The predicted molar refractivity (Wildman–Crippen MR) is 105 cm³/mol. The third kappa shape index (κ3) is 3.99. The normalized spacial score (nSPS) is 14.5. The molecule has 3 rings (SSSR count). The summed E-state index contributed by atoms with van der Waals surface area (Å²) < 4.78 is 0. The Morgan fingerprint density at radius 3 is 2.00 bits per heavy atom. The largest absolute Gasteiger partial charge is 0.324 e. The number of hydrogen-bond donors (Lipinski definition) is 1. The highest BCUT2D eigenvalue weighted by Crippen LogP contribution is 2.28. The number of nitrogens with zero attached hydrogens (tertiary/aromatic N) is 1. The van der Waals surface area contributed by atoms with Gasteiger partial charge in [0.2, 0.25) is 5.91 Å². The average molecular weight is 405 g/mol. The lowest BCUT2D eigenvalue weighted by Crippen LogP contribution is -2.47. The van der Waals surface area contributed by atoms with E-state index in [1.807, 2.05) is 13.8 Å². The van der Waals surface area contributed by atoms with Gasteiger partial charge >= 0.3 is 0 Å². The first-order valence-electron chi connectivity index (χ1n) is 8.52. The molecule has 5 nitrogen and oxygen atoms in total. The van der Waals surface area contributed by atoms with Gasteiger partial charge in [-0.05, 0) is 42.7 Å². The van der Waals surface area contributed by atoms with Crippen LogP contribution in [0.25, 0.3) is 0 Å². The van der Waals surface area contributed by atoms with Crippen LogP contribution in [0.3, 0.4) is 0 Å². The molecule has 3 amide bonds. The van der Waals surface area contributed by atoms with E-state index in [9.17, 15) is 14.4 Å². The zero-order chi connectivity index (χ0) is 19.7. The Bertz CT molecular complexity index is 872. The first kappa shape index (κ1) is 19.4. The van der Waals surface area contributed by atoms with Crippen molar-refractivity contribution in [3.8, 4) is 0 Å². The minimum absolute atomic E-state index is 0.0908. The van der Waals surface area contributed by atoms with E-state index in [0.717, 1.165) is 4.90 Å². The lowest BCUT2D eigenvalue weighted by atomic mass is 10.0. The van der Waals surface area contributed by atoms with Crippen LogP contribution in [-0.4, -0.2) is 28.7 Å². The number of benzene rings is 2. The highest BCUT2D eigenvalue weighted by Gasteiger charge is 2.42. The molecule has 0 spiro atoms. The summed E-state index contributed by atoms with van der Waals surface area (Å²) in [4.78, 5) is 39.6. The van der Waals surface area contributed by atoms with Crippen LogP contribution in [0.5, 0.6) is 0 Å². The maximum atomic E-state index is 13.0. The molecule has 0 aromatic heterocycles. The molecule has 1 aliphatic heterocycles. The first-order valence-corrected chi connectivity index (χ1v) is 9.27. The van der Waals surface area contributed by atoms with Crippen LogP contribution in [0.1, 0.15) is 41.0 Å². The summed E-state index contributed by atoms with van der Waals surface area (Å²) in [7, 11) is 0. The smallest absolute Gasteiger partial charge is 0.262 e. The fourth-order valence-corrected chi connectivity index (χ4v) is 3.64. The highest BCUT2D eigenvalue weighted by molar-refractivity contribution is 6.35. The molecule has 0 aliphatic carbocycles. The van der Waals surface area contributed by atoms with Gasteiger partial charge in [0.15, 0.2) is 0 Å². The van der Waals surface area contributed by atoms with Gasteiger partial charge in [0.25, 0.3) is 11.8 Å². The first-order chi connectivity index (χ1) is 12.8.